The minimum absolute atomic E-state index is 0.113. The summed E-state index contributed by atoms with van der Waals surface area (Å²) in [5.41, 5.74) is 0.786. The molecule has 1 amide bonds. The third-order valence-corrected chi connectivity index (χ3v) is 2.21. The number of hydrogen-bond acceptors (Lipinski definition) is 5. The molecule has 0 atom stereocenters. The predicted octanol–water partition coefficient (Wildman–Crippen LogP) is 0.0654. The molecule has 0 saturated heterocycles. The lowest BCUT2D eigenvalue weighted by molar-refractivity contribution is -0.119. The van der Waals surface area contributed by atoms with E-state index in [1.54, 1.807) is 11.6 Å². The molecular formula is C11H16N4O3. The molecule has 0 saturated carbocycles. The van der Waals surface area contributed by atoms with Crippen molar-refractivity contribution in [2.75, 3.05) is 13.2 Å². The van der Waals surface area contributed by atoms with Gasteiger partial charge in [-0.3, -0.25) is 4.79 Å². The first-order valence-electron chi connectivity index (χ1n) is 5.48. The fourth-order valence-corrected chi connectivity index (χ4v) is 1.30. The predicted molar refractivity (Wildman–Crippen MR) is 63.9 cm³/mol. The number of carbonyl (C=O) groups excluding carboxylic acids is 2. The quantitative estimate of drug-likeness (QED) is 0.571. The average molecular weight is 252 g/mol. The molecule has 7 nitrogen and oxygen atoms in total. The monoisotopic (exact) mass is 252 g/mol. The maximum absolute atomic E-state index is 11.6. The fraction of sp³-hybridized carbons (Fsp3) is 0.455. The summed E-state index contributed by atoms with van der Waals surface area (Å²) in [5.74, 6) is -0.642. The van der Waals surface area contributed by atoms with E-state index in [2.05, 4.69) is 22.2 Å². The van der Waals surface area contributed by atoms with Gasteiger partial charge in [0.1, 0.15) is 6.61 Å². The molecule has 1 N–H and O–H groups in total. The lowest BCUT2D eigenvalue weighted by Crippen LogP contribution is -2.25. The van der Waals surface area contributed by atoms with Crippen LogP contribution in [-0.2, 0) is 16.1 Å². The number of carbonyl (C=O) groups is 2. The van der Waals surface area contributed by atoms with Crippen molar-refractivity contribution in [2.24, 2.45) is 0 Å². The highest BCUT2D eigenvalue weighted by Gasteiger charge is 2.17. The van der Waals surface area contributed by atoms with Gasteiger partial charge < -0.3 is 10.1 Å². The van der Waals surface area contributed by atoms with Gasteiger partial charge in [0, 0.05) is 13.5 Å². The van der Waals surface area contributed by atoms with Gasteiger partial charge in [-0.2, -0.15) is 0 Å². The van der Waals surface area contributed by atoms with Gasteiger partial charge in [-0.1, -0.05) is 17.9 Å². The van der Waals surface area contributed by atoms with Crippen LogP contribution in [0.15, 0.2) is 12.7 Å². The van der Waals surface area contributed by atoms with Crippen molar-refractivity contribution in [1.29, 1.82) is 0 Å². The van der Waals surface area contributed by atoms with E-state index in [-0.39, 0.29) is 18.2 Å². The maximum atomic E-state index is 11.6. The number of rotatable bonds is 6. The van der Waals surface area contributed by atoms with Crippen molar-refractivity contribution in [3.63, 3.8) is 0 Å². The molecule has 0 aromatic carbocycles. The Labute approximate surface area is 105 Å². The van der Waals surface area contributed by atoms with Crippen molar-refractivity contribution < 1.29 is 14.3 Å². The zero-order chi connectivity index (χ0) is 13.5. The number of nitrogens with zero attached hydrogens (tertiary/aromatic N) is 3. The first-order chi connectivity index (χ1) is 8.56. The lowest BCUT2D eigenvalue weighted by atomic mass is 10.3. The second-order valence-corrected chi connectivity index (χ2v) is 3.62. The molecule has 0 unspecified atom stereocenters. The van der Waals surface area contributed by atoms with Gasteiger partial charge in [-0.25, -0.2) is 9.48 Å². The van der Waals surface area contributed by atoms with E-state index in [1.807, 2.05) is 0 Å². The van der Waals surface area contributed by atoms with Crippen molar-refractivity contribution >= 4 is 11.9 Å². The molecule has 0 radical (unpaired) electrons. The summed E-state index contributed by atoms with van der Waals surface area (Å²) in [6.45, 7) is 7.63. The van der Waals surface area contributed by atoms with Crippen LogP contribution in [0.5, 0.6) is 0 Å². The van der Waals surface area contributed by atoms with Crippen molar-refractivity contribution in [3.05, 3.63) is 24.0 Å². The van der Waals surface area contributed by atoms with E-state index in [9.17, 15) is 9.59 Å². The summed E-state index contributed by atoms with van der Waals surface area (Å²) in [4.78, 5) is 22.3. The molecule has 1 aromatic rings. The Hall–Kier alpha value is -2.18. The van der Waals surface area contributed by atoms with Crippen LogP contribution in [0.3, 0.4) is 0 Å². The maximum Gasteiger partial charge on any atom is 0.361 e. The SMILES string of the molecule is C=CCOC(=O)c1nnn(CCNC(C)=O)c1C. The van der Waals surface area contributed by atoms with Gasteiger partial charge in [0.25, 0.3) is 0 Å². The Bertz CT molecular complexity index is 453. The largest absolute Gasteiger partial charge is 0.457 e. The van der Waals surface area contributed by atoms with Gasteiger partial charge in [0.2, 0.25) is 5.91 Å². The van der Waals surface area contributed by atoms with Crippen LogP contribution in [0, 0.1) is 6.92 Å². The van der Waals surface area contributed by atoms with Crippen LogP contribution in [-0.4, -0.2) is 40.0 Å². The molecule has 0 aliphatic heterocycles. The number of nitrogens with one attached hydrogen (secondary N) is 1. The summed E-state index contributed by atoms with van der Waals surface area (Å²) in [7, 11) is 0. The molecule has 1 heterocycles. The van der Waals surface area contributed by atoms with Crippen LogP contribution in [0.4, 0.5) is 0 Å². The van der Waals surface area contributed by atoms with Crippen molar-refractivity contribution in [3.8, 4) is 0 Å². The van der Waals surface area contributed by atoms with E-state index in [0.717, 1.165) is 0 Å². The zero-order valence-corrected chi connectivity index (χ0v) is 10.5. The number of ether oxygens (including phenoxy) is 1. The molecule has 0 aliphatic carbocycles. The fourth-order valence-electron chi connectivity index (χ4n) is 1.30. The van der Waals surface area contributed by atoms with Crippen LogP contribution in [0.2, 0.25) is 0 Å². The van der Waals surface area contributed by atoms with E-state index in [1.165, 1.54) is 13.0 Å². The lowest BCUT2D eigenvalue weighted by Gasteiger charge is -2.04. The zero-order valence-electron chi connectivity index (χ0n) is 10.5. The van der Waals surface area contributed by atoms with Crippen LogP contribution < -0.4 is 5.32 Å². The summed E-state index contributed by atoms with van der Waals surface area (Å²) in [5, 5.41) is 10.2. The topological polar surface area (TPSA) is 86.1 Å². The highest BCUT2D eigenvalue weighted by atomic mass is 16.5. The number of aromatic nitrogens is 3. The Balaban J connectivity index is 2.62. The average Bonchev–Trinajstić information content (AvgIpc) is 2.68. The molecule has 0 aliphatic rings. The summed E-state index contributed by atoms with van der Waals surface area (Å²) < 4.78 is 6.41. The Morgan fingerprint density at radius 2 is 2.28 bits per heavy atom. The van der Waals surface area contributed by atoms with E-state index in [4.69, 9.17) is 4.74 Å². The van der Waals surface area contributed by atoms with Crippen molar-refractivity contribution in [1.82, 2.24) is 20.3 Å². The van der Waals surface area contributed by atoms with Gasteiger partial charge in [0.15, 0.2) is 5.69 Å². The molecule has 0 spiro atoms. The second kappa shape index (κ2) is 6.53. The third kappa shape index (κ3) is 3.69. The first-order valence-corrected chi connectivity index (χ1v) is 5.48. The smallest absolute Gasteiger partial charge is 0.361 e. The minimum atomic E-state index is -0.529. The molecule has 18 heavy (non-hydrogen) atoms. The van der Waals surface area contributed by atoms with Crippen LogP contribution >= 0.6 is 0 Å². The van der Waals surface area contributed by atoms with Gasteiger partial charge in [0.05, 0.1) is 12.2 Å². The number of amides is 1. The molecule has 0 fully saturated rings. The Morgan fingerprint density at radius 3 is 2.89 bits per heavy atom. The van der Waals surface area contributed by atoms with Crippen LogP contribution in [0.25, 0.3) is 0 Å². The first kappa shape index (κ1) is 13.9. The molecular weight excluding hydrogens is 236 g/mol. The van der Waals surface area contributed by atoms with Gasteiger partial charge >= 0.3 is 5.97 Å². The molecule has 0 bridgehead atoms. The van der Waals surface area contributed by atoms with E-state index < -0.39 is 5.97 Å². The highest BCUT2D eigenvalue weighted by Crippen LogP contribution is 2.05. The number of hydrogen-bond donors (Lipinski definition) is 1. The van der Waals surface area contributed by atoms with E-state index in [0.29, 0.717) is 18.8 Å². The highest BCUT2D eigenvalue weighted by molar-refractivity contribution is 5.88. The van der Waals surface area contributed by atoms with Gasteiger partial charge in [-0.15, -0.1) is 5.10 Å². The van der Waals surface area contributed by atoms with Crippen molar-refractivity contribution in [2.45, 2.75) is 20.4 Å². The molecule has 7 heteroatoms. The number of esters is 1. The molecule has 1 aromatic heterocycles. The van der Waals surface area contributed by atoms with Gasteiger partial charge in [-0.05, 0) is 6.92 Å². The molecule has 98 valence electrons. The Morgan fingerprint density at radius 1 is 1.56 bits per heavy atom. The molecule has 1 rings (SSSR count). The summed E-state index contributed by atoms with van der Waals surface area (Å²) in [6.07, 6.45) is 1.48. The van der Waals surface area contributed by atoms with E-state index >= 15 is 0 Å². The van der Waals surface area contributed by atoms with Crippen LogP contribution in [0.1, 0.15) is 23.1 Å². The normalized spacial score (nSPS) is 9.89. The minimum Gasteiger partial charge on any atom is -0.457 e. The Kier molecular flexibility index (Phi) is 5.04. The second-order valence-electron chi connectivity index (χ2n) is 3.62. The summed E-state index contributed by atoms with van der Waals surface area (Å²) >= 11 is 0. The summed E-state index contributed by atoms with van der Waals surface area (Å²) in [6, 6.07) is 0. The standard InChI is InChI=1S/C11H16N4O3/c1-4-7-18-11(17)10-8(2)15(14-13-10)6-5-12-9(3)16/h4H,1,5-7H2,2-3H3,(H,12,16). The third-order valence-electron chi connectivity index (χ3n) is 2.21.